The number of furan rings is 1. The molecule has 0 saturated carbocycles. The highest BCUT2D eigenvalue weighted by molar-refractivity contribution is 7.80. The van der Waals surface area contributed by atoms with Gasteiger partial charge in [0, 0.05) is 42.8 Å². The number of aromatic nitrogens is 2. The van der Waals surface area contributed by atoms with E-state index in [2.05, 4.69) is 40.3 Å². The molecule has 2 aromatic heterocycles. The molecule has 3 aromatic rings. The second kappa shape index (κ2) is 11.7. The van der Waals surface area contributed by atoms with Crippen LogP contribution in [0.25, 0.3) is 11.3 Å². The van der Waals surface area contributed by atoms with Crippen molar-refractivity contribution in [3.05, 3.63) is 53.2 Å². The van der Waals surface area contributed by atoms with Crippen molar-refractivity contribution < 1.29 is 9.15 Å². The first-order valence-corrected chi connectivity index (χ1v) is 13.6. The normalized spacial score (nSPS) is 20.1. The van der Waals surface area contributed by atoms with E-state index < -0.39 is 0 Å². The number of hydrogen-bond donors (Lipinski definition) is 2. The Morgan fingerprint density at radius 1 is 1.00 bits per heavy atom. The molecule has 2 fully saturated rings. The Bertz CT molecular complexity index is 1200. The maximum absolute atomic E-state index is 5.99. The fraction of sp³-hybridized carbons (Fsp3) is 0.444. The van der Waals surface area contributed by atoms with Gasteiger partial charge in [-0.2, -0.15) is 9.97 Å². The first kappa shape index (κ1) is 25.8. The van der Waals surface area contributed by atoms with Crippen molar-refractivity contribution in [3.63, 3.8) is 0 Å². The van der Waals surface area contributed by atoms with Crippen LogP contribution in [0.4, 0.5) is 17.6 Å². The van der Waals surface area contributed by atoms with Gasteiger partial charge in [-0.15, -0.1) is 0 Å². The number of nitrogens with one attached hydrogen (secondary N) is 2. The van der Waals surface area contributed by atoms with E-state index in [1.165, 1.54) is 6.42 Å². The fourth-order valence-electron chi connectivity index (χ4n) is 5.00. The average Bonchev–Trinajstić information content (AvgIpc) is 3.37. The molecule has 0 spiro atoms. The molecular weight excluding hydrogens is 508 g/mol. The van der Waals surface area contributed by atoms with Crippen LogP contribution in [0, 0.1) is 11.8 Å². The molecule has 0 bridgehead atoms. The third-order valence-corrected chi connectivity index (χ3v) is 7.16. The third-order valence-electron chi connectivity index (χ3n) is 6.67. The van der Waals surface area contributed by atoms with Crippen molar-refractivity contribution in [1.29, 1.82) is 0 Å². The molecule has 0 amide bonds. The summed E-state index contributed by atoms with van der Waals surface area (Å²) >= 11 is 11.6. The minimum atomic E-state index is 0.440. The van der Waals surface area contributed by atoms with Crippen LogP contribution in [0.2, 0.25) is 5.02 Å². The molecule has 2 saturated heterocycles. The van der Waals surface area contributed by atoms with Crippen molar-refractivity contribution in [1.82, 2.24) is 15.3 Å². The van der Waals surface area contributed by atoms with Crippen molar-refractivity contribution in [2.45, 2.75) is 26.8 Å². The lowest BCUT2D eigenvalue weighted by molar-refractivity contribution is 0.122. The molecule has 0 unspecified atom stereocenters. The maximum Gasteiger partial charge on any atom is 0.232 e. The number of piperidine rings is 1. The highest BCUT2D eigenvalue weighted by atomic mass is 35.5. The number of anilines is 3. The number of halogens is 1. The molecule has 5 rings (SSSR count). The van der Waals surface area contributed by atoms with E-state index in [1.807, 2.05) is 36.4 Å². The van der Waals surface area contributed by atoms with E-state index >= 15 is 0 Å². The first-order chi connectivity index (χ1) is 17.9. The molecule has 8 nitrogen and oxygen atoms in total. The lowest BCUT2D eigenvalue weighted by Gasteiger charge is -2.36. The molecule has 2 aliphatic rings. The van der Waals surface area contributed by atoms with E-state index in [4.69, 9.17) is 42.9 Å². The van der Waals surface area contributed by atoms with Crippen LogP contribution in [0.1, 0.15) is 26.0 Å². The van der Waals surface area contributed by atoms with E-state index in [0.29, 0.717) is 47.7 Å². The molecular formula is C27H33ClN6O2S. The Balaban J connectivity index is 1.27. The maximum atomic E-state index is 5.99. The smallest absolute Gasteiger partial charge is 0.232 e. The quantitative estimate of drug-likeness (QED) is 0.410. The predicted molar refractivity (Wildman–Crippen MR) is 152 cm³/mol. The summed E-state index contributed by atoms with van der Waals surface area (Å²) in [7, 11) is 0. The molecule has 10 heteroatoms. The molecule has 2 N–H and O–H groups in total. The zero-order valence-electron chi connectivity index (χ0n) is 21.2. The van der Waals surface area contributed by atoms with Gasteiger partial charge in [-0.1, -0.05) is 25.4 Å². The molecule has 2 atom stereocenters. The van der Waals surface area contributed by atoms with Gasteiger partial charge in [0.1, 0.15) is 23.2 Å². The number of rotatable bonds is 6. The highest BCUT2D eigenvalue weighted by Gasteiger charge is 2.25. The zero-order valence-corrected chi connectivity index (χ0v) is 22.8. The first-order valence-electron chi connectivity index (χ1n) is 12.8. The summed E-state index contributed by atoms with van der Waals surface area (Å²) in [6, 6.07) is 13.5. The Morgan fingerprint density at radius 3 is 2.38 bits per heavy atom. The van der Waals surface area contributed by atoms with Crippen molar-refractivity contribution in [2.24, 2.45) is 11.8 Å². The van der Waals surface area contributed by atoms with Gasteiger partial charge in [-0.25, -0.2) is 0 Å². The average molecular weight is 541 g/mol. The van der Waals surface area contributed by atoms with Crippen LogP contribution in [0.15, 0.2) is 46.9 Å². The van der Waals surface area contributed by atoms with E-state index in [9.17, 15) is 0 Å². The third kappa shape index (κ3) is 6.71. The van der Waals surface area contributed by atoms with Gasteiger partial charge in [-0.05, 0) is 66.9 Å². The summed E-state index contributed by atoms with van der Waals surface area (Å²) < 4.78 is 11.5. The Morgan fingerprint density at radius 2 is 1.68 bits per heavy atom. The minimum Gasteiger partial charge on any atom is -0.459 e. The predicted octanol–water partition coefficient (Wildman–Crippen LogP) is 5.20. The lowest BCUT2D eigenvalue weighted by Crippen LogP contribution is -2.40. The molecule has 4 heterocycles. The summed E-state index contributed by atoms with van der Waals surface area (Å²) in [5.74, 6) is 5.11. The lowest BCUT2D eigenvalue weighted by atomic mass is 9.92. The van der Waals surface area contributed by atoms with Crippen LogP contribution >= 0.6 is 23.8 Å². The molecule has 196 valence electrons. The number of morpholine rings is 1. The Kier molecular flexibility index (Phi) is 8.12. The number of ether oxygens (including phenoxy) is 1. The van der Waals surface area contributed by atoms with Crippen molar-refractivity contribution in [3.8, 4) is 11.3 Å². The minimum absolute atomic E-state index is 0.440. The summed E-state index contributed by atoms with van der Waals surface area (Å²) in [6.45, 7) is 10.0. The number of hydrogen-bond acceptors (Lipinski definition) is 7. The van der Waals surface area contributed by atoms with Gasteiger partial charge in [0.05, 0.1) is 19.8 Å². The Hall–Kier alpha value is -2.88. The molecule has 0 aliphatic carbocycles. The topological polar surface area (TPSA) is 78.7 Å². The summed E-state index contributed by atoms with van der Waals surface area (Å²) in [4.78, 5) is 14.3. The van der Waals surface area contributed by atoms with Crippen LogP contribution in [-0.4, -0.2) is 54.5 Å². The van der Waals surface area contributed by atoms with Gasteiger partial charge in [0.15, 0.2) is 5.11 Å². The second-order valence-electron chi connectivity index (χ2n) is 9.94. The van der Waals surface area contributed by atoms with E-state index in [1.54, 1.807) is 0 Å². The molecule has 2 aliphatic heterocycles. The van der Waals surface area contributed by atoms with Gasteiger partial charge >= 0.3 is 0 Å². The number of benzene rings is 1. The second-order valence-corrected chi connectivity index (χ2v) is 10.8. The Labute approximate surface area is 228 Å². The van der Waals surface area contributed by atoms with Gasteiger partial charge in [-0.3, -0.25) is 0 Å². The zero-order chi connectivity index (χ0) is 25.8. The van der Waals surface area contributed by atoms with Gasteiger partial charge in [0.25, 0.3) is 0 Å². The van der Waals surface area contributed by atoms with Crippen LogP contribution in [0.3, 0.4) is 0 Å². The fourth-order valence-corrected chi connectivity index (χ4v) is 5.29. The number of thiocarbonyl (C=S) groups is 1. The summed E-state index contributed by atoms with van der Waals surface area (Å²) in [5.41, 5.74) is 0.971. The monoisotopic (exact) mass is 540 g/mol. The van der Waals surface area contributed by atoms with Crippen LogP contribution < -0.4 is 20.4 Å². The van der Waals surface area contributed by atoms with E-state index in [0.717, 1.165) is 54.9 Å². The van der Waals surface area contributed by atoms with Crippen LogP contribution in [-0.2, 0) is 11.3 Å². The standard InChI is InChI=1S/C27H33ClN6O2S/c1-18-13-19(2)17-34(16-18)25-14-24(33-9-11-35-12-10-33)30-26(31-25)32-27(37)29-15-22-7-8-23(36-22)20-3-5-21(28)6-4-20/h3-8,14,18-19H,9-13,15-17H2,1-2H3,(H2,29,30,31,32,37)/t18-,19-/m1/s1. The molecule has 37 heavy (non-hydrogen) atoms. The van der Waals surface area contributed by atoms with E-state index in [-0.39, 0.29) is 0 Å². The van der Waals surface area contributed by atoms with Gasteiger partial charge < -0.3 is 29.6 Å². The van der Waals surface area contributed by atoms with Crippen LogP contribution in [0.5, 0.6) is 0 Å². The van der Waals surface area contributed by atoms with Crippen molar-refractivity contribution in [2.75, 3.05) is 54.5 Å². The van der Waals surface area contributed by atoms with Crippen molar-refractivity contribution >= 4 is 46.5 Å². The number of nitrogens with zero attached hydrogens (tertiary/aromatic N) is 4. The SMILES string of the molecule is C[C@@H]1C[C@@H](C)CN(c2cc(N3CCOCC3)nc(NC(=S)NCc3ccc(-c4ccc(Cl)cc4)o3)n2)C1. The largest absolute Gasteiger partial charge is 0.459 e. The molecule has 1 aromatic carbocycles. The highest BCUT2D eigenvalue weighted by Crippen LogP contribution is 2.28. The molecule has 0 radical (unpaired) electrons. The summed E-state index contributed by atoms with van der Waals surface area (Å²) in [6.07, 6.45) is 1.24. The van der Waals surface area contributed by atoms with Gasteiger partial charge in [0.2, 0.25) is 5.95 Å². The summed E-state index contributed by atoms with van der Waals surface area (Å²) in [5, 5.41) is 7.54.